The molecule has 1 fully saturated rings. The average Bonchev–Trinajstić information content (AvgIpc) is 2.83. The third-order valence-corrected chi connectivity index (χ3v) is 4.42. The van der Waals surface area contributed by atoms with E-state index in [4.69, 9.17) is 23.2 Å². The maximum absolute atomic E-state index is 9.15. The molecule has 0 amide bonds. The Hall–Kier alpha value is -1.65. The molecule has 2 N–H and O–H groups in total. The van der Waals surface area contributed by atoms with Crippen LogP contribution in [0.5, 0.6) is 0 Å². The molecule has 0 spiro atoms. The van der Waals surface area contributed by atoms with Crippen LogP contribution in [0.3, 0.4) is 0 Å². The van der Waals surface area contributed by atoms with Crippen molar-refractivity contribution in [1.82, 2.24) is 9.88 Å². The average molecular weight is 307 g/mol. The Morgan fingerprint density at radius 1 is 1.45 bits per heavy atom. The fourth-order valence-electron chi connectivity index (χ4n) is 2.29. The number of hydrogen-bond acceptors (Lipinski definition) is 6. The first-order valence-electron chi connectivity index (χ1n) is 6.43. The molecule has 1 aromatic rings. The fraction of sp³-hybridized carbons (Fsp3) is 0.462. The van der Waals surface area contributed by atoms with Gasteiger partial charge in [0.15, 0.2) is 5.13 Å². The van der Waals surface area contributed by atoms with Gasteiger partial charge in [-0.3, -0.25) is 0 Å². The molecule has 2 rings (SSSR count). The van der Waals surface area contributed by atoms with Gasteiger partial charge in [0.25, 0.3) is 0 Å². The number of thiazole rings is 1. The van der Waals surface area contributed by atoms with E-state index in [1.54, 1.807) is 11.3 Å². The van der Waals surface area contributed by atoms with E-state index in [9.17, 15) is 0 Å². The van der Waals surface area contributed by atoms with Crippen molar-refractivity contribution < 1.29 is 0 Å². The zero-order valence-corrected chi connectivity index (χ0v) is 13.0. The Bertz CT molecular complexity index is 544. The number of allylic oxidation sites excluding steroid dienone is 1. The predicted octanol–water partition coefficient (Wildman–Crippen LogP) is 1.74. The predicted molar refractivity (Wildman–Crippen MR) is 85.6 cm³/mol. The summed E-state index contributed by atoms with van der Waals surface area (Å²) in [5.74, 6) is 0. The van der Waals surface area contributed by atoms with Gasteiger partial charge in [0.2, 0.25) is 0 Å². The van der Waals surface area contributed by atoms with Crippen LogP contribution < -0.4 is 10.6 Å². The van der Waals surface area contributed by atoms with Crippen LogP contribution in [-0.4, -0.2) is 41.1 Å². The van der Waals surface area contributed by atoms with Gasteiger partial charge in [-0.1, -0.05) is 12.2 Å². The number of nitriles is 1. The second-order valence-electron chi connectivity index (χ2n) is 4.58. The van der Waals surface area contributed by atoms with Crippen LogP contribution >= 0.6 is 23.6 Å². The lowest BCUT2D eigenvalue weighted by Gasteiger charge is -2.24. The number of rotatable bonds is 3. The van der Waals surface area contributed by atoms with E-state index >= 15 is 0 Å². The second-order valence-corrected chi connectivity index (χ2v) is 5.89. The summed E-state index contributed by atoms with van der Waals surface area (Å²) in [6, 6.07) is 2.11. The number of nitrogens with zero attached hydrogens (tertiary/aromatic N) is 4. The molecule has 0 atom stereocenters. The van der Waals surface area contributed by atoms with E-state index in [-0.39, 0.29) is 4.99 Å². The minimum Gasteiger partial charge on any atom is -0.389 e. The summed E-state index contributed by atoms with van der Waals surface area (Å²) in [5, 5.41) is 12.2. The van der Waals surface area contributed by atoms with Gasteiger partial charge >= 0.3 is 0 Å². The van der Waals surface area contributed by atoms with Crippen LogP contribution in [0.4, 0.5) is 5.13 Å². The minimum absolute atomic E-state index is 0.172. The summed E-state index contributed by atoms with van der Waals surface area (Å²) >= 11 is 6.59. The van der Waals surface area contributed by atoms with Crippen molar-refractivity contribution in [3.05, 3.63) is 22.8 Å². The molecule has 106 valence electrons. The van der Waals surface area contributed by atoms with Crippen molar-refractivity contribution in [1.29, 1.82) is 5.26 Å². The van der Waals surface area contributed by atoms with Crippen LogP contribution in [0, 0.1) is 11.3 Å². The molecule has 0 unspecified atom stereocenters. The first kappa shape index (κ1) is 14.8. The Kier molecular flexibility index (Phi) is 4.93. The molecule has 5 nitrogen and oxygen atoms in total. The highest BCUT2D eigenvalue weighted by Crippen LogP contribution is 2.20. The largest absolute Gasteiger partial charge is 0.389 e. The van der Waals surface area contributed by atoms with Crippen LogP contribution in [0.15, 0.2) is 22.8 Å². The van der Waals surface area contributed by atoms with Crippen LogP contribution in [0.2, 0.25) is 0 Å². The lowest BCUT2D eigenvalue weighted by molar-refractivity contribution is 0.369. The molecule has 0 aromatic carbocycles. The molecule has 0 aliphatic carbocycles. The van der Waals surface area contributed by atoms with Crippen LogP contribution in [0.25, 0.3) is 0 Å². The Morgan fingerprint density at radius 3 is 2.85 bits per heavy atom. The van der Waals surface area contributed by atoms with Crippen molar-refractivity contribution in [2.24, 2.45) is 5.73 Å². The SMILES string of the molecule is CC(=C(C#N)C(N)=S)N1CCCN(c2nccs2)CC1. The van der Waals surface area contributed by atoms with Gasteiger partial charge in [0, 0.05) is 43.5 Å². The molecule has 0 bridgehead atoms. The lowest BCUT2D eigenvalue weighted by Crippen LogP contribution is -2.31. The molecule has 1 aliphatic heterocycles. The second kappa shape index (κ2) is 6.68. The normalized spacial score (nSPS) is 17.2. The Morgan fingerprint density at radius 2 is 2.25 bits per heavy atom. The van der Waals surface area contributed by atoms with Gasteiger partial charge in [-0.25, -0.2) is 4.98 Å². The quantitative estimate of drug-likeness (QED) is 0.521. The van der Waals surface area contributed by atoms with Gasteiger partial charge in [0.05, 0.1) is 0 Å². The molecule has 1 saturated heterocycles. The summed E-state index contributed by atoms with van der Waals surface area (Å²) in [6.07, 6.45) is 2.85. The number of anilines is 1. The standard InChI is InChI=1S/C13H17N5S2/c1-10(11(9-14)12(15)19)17-4-2-5-18(7-6-17)13-16-3-8-20-13/h3,8H,2,4-7H2,1H3,(H2,15,19). The van der Waals surface area contributed by atoms with E-state index in [0.29, 0.717) is 5.57 Å². The highest BCUT2D eigenvalue weighted by molar-refractivity contribution is 7.80. The van der Waals surface area contributed by atoms with Gasteiger partial charge in [-0.2, -0.15) is 5.26 Å². The van der Waals surface area contributed by atoms with Crippen molar-refractivity contribution in [2.45, 2.75) is 13.3 Å². The first-order valence-corrected chi connectivity index (χ1v) is 7.72. The fourth-order valence-corrected chi connectivity index (χ4v) is 3.18. The van der Waals surface area contributed by atoms with Gasteiger partial charge in [-0.15, -0.1) is 11.3 Å². The molecule has 2 heterocycles. The van der Waals surface area contributed by atoms with Crippen molar-refractivity contribution in [2.75, 3.05) is 31.1 Å². The highest BCUT2D eigenvalue weighted by Gasteiger charge is 2.19. The highest BCUT2D eigenvalue weighted by atomic mass is 32.1. The van der Waals surface area contributed by atoms with Crippen molar-refractivity contribution >= 4 is 33.7 Å². The lowest BCUT2D eigenvalue weighted by atomic mass is 10.2. The number of aromatic nitrogens is 1. The topological polar surface area (TPSA) is 69.2 Å². The molecule has 7 heteroatoms. The zero-order chi connectivity index (χ0) is 14.5. The van der Waals surface area contributed by atoms with E-state index in [1.165, 1.54) is 0 Å². The molecule has 20 heavy (non-hydrogen) atoms. The number of hydrogen-bond donors (Lipinski definition) is 1. The third-order valence-electron chi connectivity index (χ3n) is 3.38. The Balaban J connectivity index is 2.10. The maximum atomic E-state index is 9.15. The number of thiocarbonyl (C=S) groups is 1. The van der Waals surface area contributed by atoms with Crippen molar-refractivity contribution in [3.63, 3.8) is 0 Å². The maximum Gasteiger partial charge on any atom is 0.185 e. The Labute approximate surface area is 128 Å². The molecular weight excluding hydrogens is 290 g/mol. The molecule has 1 aliphatic rings. The third kappa shape index (κ3) is 3.26. The van der Waals surface area contributed by atoms with E-state index < -0.39 is 0 Å². The van der Waals surface area contributed by atoms with Crippen molar-refractivity contribution in [3.8, 4) is 6.07 Å². The van der Waals surface area contributed by atoms with Gasteiger partial charge < -0.3 is 15.5 Å². The van der Waals surface area contributed by atoms with Crippen LogP contribution in [-0.2, 0) is 0 Å². The summed E-state index contributed by atoms with van der Waals surface area (Å²) in [6.45, 7) is 5.53. The number of nitrogens with two attached hydrogens (primary N) is 1. The molecule has 0 saturated carbocycles. The van der Waals surface area contributed by atoms with E-state index in [1.807, 2.05) is 18.5 Å². The summed E-state index contributed by atoms with van der Waals surface area (Å²) in [4.78, 5) is 8.99. The minimum atomic E-state index is 0.172. The summed E-state index contributed by atoms with van der Waals surface area (Å²) < 4.78 is 0. The monoisotopic (exact) mass is 307 g/mol. The zero-order valence-electron chi connectivity index (χ0n) is 11.4. The van der Waals surface area contributed by atoms with Gasteiger partial charge in [0.1, 0.15) is 16.6 Å². The molecular formula is C13H17N5S2. The van der Waals surface area contributed by atoms with E-state index in [0.717, 1.165) is 43.4 Å². The first-order chi connectivity index (χ1) is 9.63. The summed E-state index contributed by atoms with van der Waals surface area (Å²) in [7, 11) is 0. The van der Waals surface area contributed by atoms with Crippen LogP contribution in [0.1, 0.15) is 13.3 Å². The molecule has 1 aromatic heterocycles. The van der Waals surface area contributed by atoms with Gasteiger partial charge in [-0.05, 0) is 13.3 Å². The smallest absolute Gasteiger partial charge is 0.185 e. The van der Waals surface area contributed by atoms with E-state index in [2.05, 4.69) is 20.9 Å². The summed E-state index contributed by atoms with van der Waals surface area (Å²) in [5.41, 5.74) is 6.90. The molecule has 0 radical (unpaired) electrons.